The van der Waals surface area contributed by atoms with Gasteiger partial charge in [0.15, 0.2) is 12.0 Å². The first-order valence-corrected chi connectivity index (χ1v) is 4.59. The molecule has 0 amide bonds. The van der Waals surface area contributed by atoms with Crippen LogP contribution in [0.4, 0.5) is 0 Å². The minimum atomic E-state index is -0.0463. The van der Waals surface area contributed by atoms with Gasteiger partial charge in [-0.2, -0.15) is 0 Å². The number of carbonyl (C=O) groups excluding carboxylic acids is 1. The largest absolute Gasteiger partial charge is 0.504 e. The van der Waals surface area contributed by atoms with Gasteiger partial charge >= 0.3 is 0 Å². The average Bonchev–Trinajstić information content (AvgIpc) is 2.15. The lowest BCUT2D eigenvalue weighted by molar-refractivity contribution is 0.112. The normalized spacial score (nSPS) is 9.33. The number of carbonyl (C=O) groups is 1. The van der Waals surface area contributed by atoms with E-state index in [4.69, 9.17) is 5.11 Å². The molecule has 0 radical (unpaired) electrons. The van der Waals surface area contributed by atoms with E-state index in [9.17, 15) is 4.79 Å². The second kappa shape index (κ2) is 2.55. The molecule has 0 spiro atoms. The smallest absolute Gasteiger partial charge is 0.166 e. The molecule has 1 aromatic heterocycles. The van der Waals surface area contributed by atoms with Crippen molar-refractivity contribution in [2.75, 3.05) is 0 Å². The first-order chi connectivity index (χ1) is 4.25. The third-order valence-electron chi connectivity index (χ3n) is 0.741. The van der Waals surface area contributed by atoms with E-state index in [1.807, 2.05) is 0 Å². The van der Waals surface area contributed by atoms with Crippen molar-refractivity contribution in [2.45, 2.75) is 0 Å². The van der Waals surface area contributed by atoms with Crippen LogP contribution in [0.3, 0.4) is 0 Å². The number of hydrogen-bond acceptors (Lipinski definition) is 5. The quantitative estimate of drug-likeness (QED) is 0.406. The van der Waals surface area contributed by atoms with Crippen molar-refractivity contribution in [1.82, 2.24) is 0 Å². The fourth-order valence-electron chi connectivity index (χ4n) is 0.338. The van der Waals surface area contributed by atoms with Crippen molar-refractivity contribution < 1.29 is 9.90 Å². The van der Waals surface area contributed by atoms with Gasteiger partial charge in [0.2, 0.25) is 0 Å². The zero-order valence-electron chi connectivity index (χ0n) is 4.16. The standard InChI is InChI=1S/C4H2O2S3/c5-1-2-3(6)4(7)9-8-2/h1,6H. The fourth-order valence-corrected chi connectivity index (χ4v) is 2.55. The van der Waals surface area contributed by atoms with Crippen LogP contribution >= 0.6 is 32.9 Å². The summed E-state index contributed by atoms with van der Waals surface area (Å²) >= 11 is 4.66. The van der Waals surface area contributed by atoms with Gasteiger partial charge in [-0.25, -0.2) is 0 Å². The Labute approximate surface area is 63.8 Å². The van der Waals surface area contributed by atoms with Gasteiger partial charge in [-0.1, -0.05) is 32.9 Å². The Kier molecular flexibility index (Phi) is 1.94. The first-order valence-electron chi connectivity index (χ1n) is 2.03. The van der Waals surface area contributed by atoms with Gasteiger partial charge in [-0.05, 0) is 0 Å². The Morgan fingerprint density at radius 1 is 1.56 bits per heavy atom. The van der Waals surface area contributed by atoms with Crippen LogP contribution in [0.15, 0.2) is 0 Å². The number of rotatable bonds is 1. The molecule has 1 rings (SSSR count). The van der Waals surface area contributed by atoms with Gasteiger partial charge in [0.25, 0.3) is 0 Å². The number of aldehydes is 1. The SMILES string of the molecule is O=Cc1ssc(=S)c1O. The van der Waals surface area contributed by atoms with E-state index in [-0.39, 0.29) is 5.75 Å². The maximum Gasteiger partial charge on any atom is 0.166 e. The summed E-state index contributed by atoms with van der Waals surface area (Å²) < 4.78 is 0.391. The molecular weight excluding hydrogens is 176 g/mol. The zero-order valence-corrected chi connectivity index (χ0v) is 6.61. The zero-order chi connectivity index (χ0) is 6.85. The van der Waals surface area contributed by atoms with Crippen LogP contribution in [-0.4, -0.2) is 11.4 Å². The average molecular weight is 178 g/mol. The molecule has 0 aliphatic heterocycles. The fraction of sp³-hybridized carbons (Fsp3) is 0. The van der Waals surface area contributed by atoms with Crippen LogP contribution in [0.25, 0.3) is 0 Å². The maximum atomic E-state index is 10.1. The Balaban J connectivity index is 3.35. The Bertz CT molecular complexity index is 272. The molecular formula is C4H2O2S3. The predicted molar refractivity (Wildman–Crippen MR) is 40.1 cm³/mol. The summed E-state index contributed by atoms with van der Waals surface area (Å²) in [6, 6.07) is 0. The van der Waals surface area contributed by atoms with Gasteiger partial charge in [0.05, 0.1) is 0 Å². The summed E-state index contributed by atoms with van der Waals surface area (Å²) in [7, 11) is 2.43. The second-order valence-corrected chi connectivity index (χ2v) is 4.13. The molecule has 0 aliphatic rings. The van der Waals surface area contributed by atoms with Gasteiger partial charge in [0.1, 0.15) is 8.70 Å². The minimum Gasteiger partial charge on any atom is -0.504 e. The van der Waals surface area contributed by atoms with Crippen molar-refractivity contribution >= 4 is 39.2 Å². The van der Waals surface area contributed by atoms with Crippen LogP contribution in [0.2, 0.25) is 0 Å². The highest BCUT2D eigenvalue weighted by molar-refractivity contribution is 7.80. The van der Waals surface area contributed by atoms with Crippen LogP contribution in [-0.2, 0) is 0 Å². The van der Waals surface area contributed by atoms with E-state index in [0.29, 0.717) is 15.0 Å². The molecule has 1 heterocycles. The summed E-state index contributed by atoms with van der Waals surface area (Å²) in [6.45, 7) is 0. The molecule has 1 N–H and O–H groups in total. The van der Waals surface area contributed by atoms with Gasteiger partial charge in [-0.15, -0.1) is 0 Å². The molecule has 0 fully saturated rings. The Morgan fingerprint density at radius 2 is 2.22 bits per heavy atom. The summed E-state index contributed by atoms with van der Waals surface area (Å²) in [5, 5.41) is 8.92. The van der Waals surface area contributed by atoms with E-state index in [1.165, 1.54) is 20.7 Å². The van der Waals surface area contributed by atoms with E-state index < -0.39 is 0 Å². The molecule has 48 valence electrons. The molecule has 9 heavy (non-hydrogen) atoms. The molecule has 0 aromatic carbocycles. The highest BCUT2D eigenvalue weighted by Crippen LogP contribution is 2.28. The first kappa shape index (κ1) is 6.85. The van der Waals surface area contributed by atoms with Crippen LogP contribution in [0, 0.1) is 3.82 Å². The lowest BCUT2D eigenvalue weighted by Gasteiger charge is -1.78. The molecule has 0 saturated heterocycles. The van der Waals surface area contributed by atoms with Gasteiger partial charge < -0.3 is 5.11 Å². The Hall–Kier alpha value is -0.260. The van der Waals surface area contributed by atoms with E-state index in [0.717, 1.165) is 0 Å². The van der Waals surface area contributed by atoms with Gasteiger partial charge in [-0.3, -0.25) is 4.79 Å². The van der Waals surface area contributed by atoms with Crippen molar-refractivity contribution in [3.8, 4) is 5.75 Å². The number of hydrogen-bond donors (Lipinski definition) is 1. The molecule has 5 heteroatoms. The molecule has 2 nitrogen and oxygen atoms in total. The lowest BCUT2D eigenvalue weighted by Crippen LogP contribution is -1.67. The van der Waals surface area contributed by atoms with Crippen molar-refractivity contribution in [2.24, 2.45) is 0 Å². The molecule has 0 atom stereocenters. The third-order valence-corrected chi connectivity index (χ3v) is 3.69. The minimum absolute atomic E-state index is 0.0463. The molecule has 1 aromatic rings. The summed E-state index contributed by atoms with van der Waals surface area (Å²) in [4.78, 5) is 10.4. The predicted octanol–water partition coefficient (Wildman–Crippen LogP) is 2.06. The van der Waals surface area contributed by atoms with E-state index >= 15 is 0 Å². The molecule has 0 saturated carbocycles. The molecule has 0 aliphatic carbocycles. The summed E-state index contributed by atoms with van der Waals surface area (Å²) in [5.41, 5.74) is 0. The van der Waals surface area contributed by atoms with E-state index in [1.54, 1.807) is 0 Å². The van der Waals surface area contributed by atoms with Crippen molar-refractivity contribution in [3.05, 3.63) is 8.70 Å². The van der Waals surface area contributed by atoms with Gasteiger partial charge in [0, 0.05) is 0 Å². The number of aromatic hydroxyl groups is 1. The van der Waals surface area contributed by atoms with Crippen LogP contribution in [0.1, 0.15) is 9.67 Å². The highest BCUT2D eigenvalue weighted by atomic mass is 32.9. The third kappa shape index (κ3) is 1.17. The molecule has 0 bridgehead atoms. The lowest BCUT2D eigenvalue weighted by atomic mass is 10.5. The maximum absolute atomic E-state index is 10.1. The summed E-state index contributed by atoms with van der Waals surface area (Å²) in [5.74, 6) is -0.0463. The second-order valence-electron chi connectivity index (χ2n) is 1.28. The highest BCUT2D eigenvalue weighted by Gasteiger charge is 2.02. The van der Waals surface area contributed by atoms with Crippen LogP contribution in [0.5, 0.6) is 5.75 Å². The summed E-state index contributed by atoms with van der Waals surface area (Å²) in [6.07, 6.45) is 0.603. The van der Waals surface area contributed by atoms with Crippen molar-refractivity contribution in [3.63, 3.8) is 0 Å². The topological polar surface area (TPSA) is 37.3 Å². The monoisotopic (exact) mass is 178 g/mol. The van der Waals surface area contributed by atoms with Crippen molar-refractivity contribution in [1.29, 1.82) is 0 Å². The molecule has 0 unspecified atom stereocenters. The van der Waals surface area contributed by atoms with Crippen LogP contribution < -0.4 is 0 Å². The Morgan fingerprint density at radius 3 is 2.44 bits per heavy atom. The van der Waals surface area contributed by atoms with E-state index in [2.05, 4.69) is 12.2 Å².